The molecule has 132 valence electrons. The Hall–Kier alpha value is -3.21. The van der Waals surface area contributed by atoms with Crippen molar-refractivity contribution in [3.05, 3.63) is 65.4 Å². The highest BCUT2D eigenvalue weighted by Crippen LogP contribution is 2.34. The molecule has 3 aromatic rings. The molecular formula is C21H20N2O3. The number of hydrogen-bond acceptors (Lipinski definition) is 3. The van der Waals surface area contributed by atoms with Crippen LogP contribution in [0.4, 0.5) is 0 Å². The summed E-state index contributed by atoms with van der Waals surface area (Å²) in [4.78, 5) is 18.0. The minimum absolute atomic E-state index is 0.0310. The SMILES string of the molecule is CC1c2[nH]c3ccccc3c2CCN1C(=O)/C=C/c1ccc(O)c(O)c1. The average molecular weight is 348 g/mol. The molecule has 1 amide bonds. The van der Waals surface area contributed by atoms with Gasteiger partial charge in [-0.25, -0.2) is 0 Å². The van der Waals surface area contributed by atoms with Gasteiger partial charge in [0, 0.05) is 29.2 Å². The van der Waals surface area contributed by atoms with Crippen molar-refractivity contribution in [3.8, 4) is 11.5 Å². The Morgan fingerprint density at radius 1 is 1.19 bits per heavy atom. The van der Waals surface area contributed by atoms with E-state index in [0.717, 1.165) is 17.6 Å². The lowest BCUT2D eigenvalue weighted by atomic mass is 9.98. The van der Waals surface area contributed by atoms with Crippen LogP contribution in [0.1, 0.15) is 29.8 Å². The summed E-state index contributed by atoms with van der Waals surface area (Å²) in [6.07, 6.45) is 3.98. The number of aromatic amines is 1. The molecule has 0 aliphatic carbocycles. The molecule has 1 unspecified atom stereocenters. The molecule has 0 bridgehead atoms. The summed E-state index contributed by atoms with van der Waals surface area (Å²) in [5.41, 5.74) is 4.16. The fourth-order valence-electron chi connectivity index (χ4n) is 3.64. The number of amides is 1. The first-order chi connectivity index (χ1) is 12.5. The van der Waals surface area contributed by atoms with Crippen molar-refractivity contribution >= 4 is 22.9 Å². The van der Waals surface area contributed by atoms with Crippen LogP contribution in [-0.4, -0.2) is 32.5 Å². The van der Waals surface area contributed by atoms with Crippen LogP contribution in [0.3, 0.4) is 0 Å². The molecule has 2 aromatic carbocycles. The Bertz CT molecular complexity index is 1020. The van der Waals surface area contributed by atoms with Crippen LogP contribution in [0.5, 0.6) is 11.5 Å². The maximum Gasteiger partial charge on any atom is 0.247 e. The molecule has 5 nitrogen and oxygen atoms in total. The number of carbonyl (C=O) groups is 1. The van der Waals surface area contributed by atoms with E-state index in [4.69, 9.17) is 0 Å². The molecule has 0 saturated heterocycles. The minimum Gasteiger partial charge on any atom is -0.504 e. The first-order valence-corrected chi connectivity index (χ1v) is 8.65. The highest BCUT2D eigenvalue weighted by molar-refractivity contribution is 5.93. The van der Waals surface area contributed by atoms with Gasteiger partial charge in [-0.15, -0.1) is 0 Å². The Morgan fingerprint density at radius 3 is 2.81 bits per heavy atom. The van der Waals surface area contributed by atoms with Crippen molar-refractivity contribution in [1.29, 1.82) is 0 Å². The number of aromatic hydroxyl groups is 2. The zero-order valence-electron chi connectivity index (χ0n) is 14.4. The predicted octanol–water partition coefficient (Wildman–Crippen LogP) is 3.74. The molecule has 1 atom stereocenters. The summed E-state index contributed by atoms with van der Waals surface area (Å²) >= 11 is 0. The predicted molar refractivity (Wildman–Crippen MR) is 101 cm³/mol. The molecule has 2 heterocycles. The molecule has 5 heteroatoms. The highest BCUT2D eigenvalue weighted by atomic mass is 16.3. The third-order valence-corrected chi connectivity index (χ3v) is 5.04. The van der Waals surface area contributed by atoms with Crippen molar-refractivity contribution in [2.45, 2.75) is 19.4 Å². The lowest BCUT2D eigenvalue weighted by Gasteiger charge is -2.32. The highest BCUT2D eigenvalue weighted by Gasteiger charge is 2.29. The van der Waals surface area contributed by atoms with E-state index >= 15 is 0 Å². The van der Waals surface area contributed by atoms with Gasteiger partial charge in [0.05, 0.1) is 6.04 Å². The van der Waals surface area contributed by atoms with Crippen LogP contribution in [-0.2, 0) is 11.2 Å². The van der Waals surface area contributed by atoms with E-state index in [9.17, 15) is 15.0 Å². The number of rotatable bonds is 2. The van der Waals surface area contributed by atoms with Gasteiger partial charge < -0.3 is 20.1 Å². The number of phenolic OH excluding ortho intramolecular Hbond substituents is 2. The summed E-state index contributed by atoms with van der Waals surface area (Å²) in [7, 11) is 0. The van der Waals surface area contributed by atoms with E-state index in [-0.39, 0.29) is 23.4 Å². The van der Waals surface area contributed by atoms with E-state index in [1.807, 2.05) is 24.0 Å². The molecule has 26 heavy (non-hydrogen) atoms. The number of H-pyrrole nitrogens is 1. The van der Waals surface area contributed by atoms with Gasteiger partial charge >= 0.3 is 0 Å². The normalized spacial score (nSPS) is 17.0. The number of hydrogen-bond donors (Lipinski definition) is 3. The van der Waals surface area contributed by atoms with Gasteiger partial charge in [0.25, 0.3) is 0 Å². The summed E-state index contributed by atoms with van der Waals surface area (Å²) in [6.45, 7) is 2.70. The maximum absolute atomic E-state index is 12.7. The third kappa shape index (κ3) is 2.71. The summed E-state index contributed by atoms with van der Waals surface area (Å²) < 4.78 is 0. The lowest BCUT2D eigenvalue weighted by molar-refractivity contribution is -0.128. The third-order valence-electron chi connectivity index (χ3n) is 5.04. The second-order valence-corrected chi connectivity index (χ2v) is 6.60. The van der Waals surface area contributed by atoms with Gasteiger partial charge in [-0.1, -0.05) is 24.3 Å². The number of nitrogens with zero attached hydrogens (tertiary/aromatic N) is 1. The van der Waals surface area contributed by atoms with E-state index < -0.39 is 0 Å². The Morgan fingerprint density at radius 2 is 2.00 bits per heavy atom. The summed E-state index contributed by atoms with van der Waals surface area (Å²) in [5.74, 6) is -0.451. The van der Waals surface area contributed by atoms with E-state index in [2.05, 4.69) is 17.1 Å². The van der Waals surface area contributed by atoms with Crippen molar-refractivity contribution in [3.63, 3.8) is 0 Å². The topological polar surface area (TPSA) is 76.6 Å². The zero-order valence-corrected chi connectivity index (χ0v) is 14.4. The van der Waals surface area contributed by atoms with Crippen LogP contribution in [0.25, 0.3) is 17.0 Å². The number of benzene rings is 2. The van der Waals surface area contributed by atoms with Gasteiger partial charge in [0.15, 0.2) is 11.5 Å². The molecule has 0 spiro atoms. The minimum atomic E-state index is -0.200. The number of carbonyl (C=O) groups excluding carboxylic acids is 1. The lowest BCUT2D eigenvalue weighted by Crippen LogP contribution is -2.37. The number of aromatic nitrogens is 1. The smallest absolute Gasteiger partial charge is 0.247 e. The first kappa shape index (κ1) is 16.3. The molecule has 1 aliphatic rings. The van der Waals surface area contributed by atoms with Gasteiger partial charge in [0.1, 0.15) is 0 Å². The number of para-hydroxylation sites is 1. The Labute approximate surface area is 151 Å². The second kappa shape index (κ2) is 6.26. The molecule has 0 fully saturated rings. The summed E-state index contributed by atoms with van der Waals surface area (Å²) in [5, 5.41) is 20.1. The van der Waals surface area contributed by atoms with Crippen molar-refractivity contribution in [1.82, 2.24) is 9.88 Å². The fourth-order valence-corrected chi connectivity index (χ4v) is 3.64. The van der Waals surface area contributed by atoms with Crippen LogP contribution < -0.4 is 0 Å². The van der Waals surface area contributed by atoms with E-state index in [1.165, 1.54) is 29.2 Å². The quantitative estimate of drug-likeness (QED) is 0.488. The fraction of sp³-hybridized carbons (Fsp3) is 0.190. The Kier molecular flexibility index (Phi) is 3.92. The van der Waals surface area contributed by atoms with Gasteiger partial charge in [0.2, 0.25) is 5.91 Å². The number of fused-ring (bicyclic) bond motifs is 3. The average Bonchev–Trinajstić information content (AvgIpc) is 3.02. The molecule has 0 radical (unpaired) electrons. The van der Waals surface area contributed by atoms with Crippen LogP contribution in [0.2, 0.25) is 0 Å². The first-order valence-electron chi connectivity index (χ1n) is 8.65. The zero-order chi connectivity index (χ0) is 18.3. The van der Waals surface area contributed by atoms with Gasteiger partial charge in [-0.05, 0) is 48.7 Å². The molecule has 4 rings (SSSR count). The summed E-state index contributed by atoms with van der Waals surface area (Å²) in [6, 6.07) is 12.7. The van der Waals surface area contributed by atoms with Crippen molar-refractivity contribution in [2.24, 2.45) is 0 Å². The molecule has 1 aromatic heterocycles. The van der Waals surface area contributed by atoms with E-state index in [1.54, 1.807) is 12.1 Å². The maximum atomic E-state index is 12.7. The second-order valence-electron chi connectivity index (χ2n) is 6.60. The van der Waals surface area contributed by atoms with Crippen LogP contribution in [0, 0.1) is 0 Å². The van der Waals surface area contributed by atoms with Crippen LogP contribution >= 0.6 is 0 Å². The largest absolute Gasteiger partial charge is 0.504 e. The van der Waals surface area contributed by atoms with E-state index in [0.29, 0.717) is 12.1 Å². The molecule has 0 saturated carbocycles. The molecule has 3 N–H and O–H groups in total. The number of phenols is 2. The monoisotopic (exact) mass is 348 g/mol. The molecule has 1 aliphatic heterocycles. The van der Waals surface area contributed by atoms with Gasteiger partial charge in [-0.3, -0.25) is 4.79 Å². The number of nitrogens with one attached hydrogen (secondary N) is 1. The van der Waals surface area contributed by atoms with Crippen molar-refractivity contribution < 1.29 is 15.0 Å². The van der Waals surface area contributed by atoms with Crippen LogP contribution in [0.15, 0.2) is 48.5 Å². The molecular weight excluding hydrogens is 328 g/mol. The standard InChI is InChI=1S/C21H20N2O3/c1-13-21-16(15-4-2-3-5-17(15)22-21)10-11-23(13)20(26)9-7-14-6-8-18(24)19(25)12-14/h2-9,12-13,22,24-25H,10-11H2,1H3/b9-7+. The van der Waals surface area contributed by atoms with Crippen molar-refractivity contribution in [2.75, 3.05) is 6.54 Å². The Balaban J connectivity index is 1.57. The van der Waals surface area contributed by atoms with Gasteiger partial charge in [-0.2, -0.15) is 0 Å².